The average molecular weight is 328 g/mol. The average Bonchev–Trinajstić information content (AvgIpc) is 2.96. The smallest absolute Gasteiger partial charge is 0.304 e. The van der Waals surface area contributed by atoms with Crippen LogP contribution in [0.25, 0.3) is 10.9 Å². The number of hydrogen-bond donors (Lipinski definition) is 3. The Hall–Kier alpha value is -2.30. The van der Waals surface area contributed by atoms with E-state index in [1.165, 1.54) is 10.9 Å². The topological polar surface area (TPSA) is 85.7 Å². The Morgan fingerprint density at radius 1 is 1.50 bits per heavy atom. The monoisotopic (exact) mass is 328 g/mol. The van der Waals surface area contributed by atoms with E-state index in [1.807, 2.05) is 6.07 Å². The van der Waals surface area contributed by atoms with Crippen LogP contribution in [0.1, 0.15) is 61.8 Å². The fraction of sp³-hybridized carbons (Fsp3) is 0.474. The van der Waals surface area contributed by atoms with Crippen molar-refractivity contribution in [2.75, 3.05) is 0 Å². The number of aliphatic carboxylic acids is 1. The molecule has 2 aromatic rings. The van der Waals surface area contributed by atoms with Gasteiger partial charge < -0.3 is 15.3 Å². The SMILES string of the molecule is CC[C@@]1(CC(=O)O)CC[C@H](CC=NO)c2c1[nH]c1c(C)cccc21. The summed E-state index contributed by atoms with van der Waals surface area (Å²) in [7, 11) is 0. The number of nitrogens with one attached hydrogen (secondary N) is 1. The maximum atomic E-state index is 11.5. The van der Waals surface area contributed by atoms with Crippen LogP contribution in [0.4, 0.5) is 0 Å². The Morgan fingerprint density at radius 3 is 2.96 bits per heavy atom. The number of aryl methyl sites for hydroxylation is 1. The summed E-state index contributed by atoms with van der Waals surface area (Å²) in [6.45, 7) is 4.14. The van der Waals surface area contributed by atoms with Crippen LogP contribution in [0.3, 0.4) is 0 Å². The van der Waals surface area contributed by atoms with Crippen LogP contribution in [-0.2, 0) is 10.2 Å². The van der Waals surface area contributed by atoms with Gasteiger partial charge in [0.25, 0.3) is 0 Å². The number of fused-ring (bicyclic) bond motifs is 3. The molecular formula is C19H24N2O3. The highest BCUT2D eigenvalue weighted by Gasteiger charge is 2.42. The van der Waals surface area contributed by atoms with Gasteiger partial charge in [0.05, 0.1) is 6.42 Å². The fourth-order valence-corrected chi connectivity index (χ4v) is 4.30. The predicted octanol–water partition coefficient (Wildman–Crippen LogP) is 4.33. The summed E-state index contributed by atoms with van der Waals surface area (Å²) in [5.41, 5.74) is 4.19. The standard InChI is InChI=1S/C19H24N2O3/c1-3-19(11-15(22)23)9-7-13(8-10-20-24)16-14-6-4-5-12(2)17(14)21-18(16)19/h4-6,10,13,21,24H,3,7-9,11H2,1-2H3,(H,22,23)/t13-,19+/m1/s1. The van der Waals surface area contributed by atoms with Gasteiger partial charge in [-0.15, -0.1) is 5.16 Å². The van der Waals surface area contributed by atoms with Crippen molar-refractivity contribution in [3.63, 3.8) is 0 Å². The third-order valence-electron chi connectivity index (χ3n) is 5.63. The van der Waals surface area contributed by atoms with Crippen molar-refractivity contribution in [3.8, 4) is 0 Å². The molecule has 128 valence electrons. The quantitative estimate of drug-likeness (QED) is 0.434. The molecule has 2 atom stereocenters. The van der Waals surface area contributed by atoms with Crippen LogP contribution >= 0.6 is 0 Å². The van der Waals surface area contributed by atoms with Gasteiger partial charge in [0.1, 0.15) is 0 Å². The molecule has 1 aliphatic carbocycles. The van der Waals surface area contributed by atoms with Gasteiger partial charge in [-0.25, -0.2) is 0 Å². The Balaban J connectivity index is 2.23. The fourth-order valence-electron chi connectivity index (χ4n) is 4.30. The first-order valence-electron chi connectivity index (χ1n) is 8.51. The number of nitrogens with zero attached hydrogens (tertiary/aromatic N) is 1. The van der Waals surface area contributed by atoms with Gasteiger partial charge in [-0.3, -0.25) is 4.79 Å². The number of para-hydroxylation sites is 1. The lowest BCUT2D eigenvalue weighted by molar-refractivity contribution is -0.138. The molecule has 0 bridgehead atoms. The summed E-state index contributed by atoms with van der Waals surface area (Å²) in [5.74, 6) is -0.506. The van der Waals surface area contributed by atoms with Gasteiger partial charge in [0, 0.05) is 28.2 Å². The summed E-state index contributed by atoms with van der Waals surface area (Å²) >= 11 is 0. The molecular weight excluding hydrogens is 304 g/mol. The van der Waals surface area contributed by atoms with Gasteiger partial charge in [-0.1, -0.05) is 25.1 Å². The third-order valence-corrected chi connectivity index (χ3v) is 5.63. The molecule has 0 fully saturated rings. The molecule has 1 aromatic carbocycles. The lowest BCUT2D eigenvalue weighted by Crippen LogP contribution is -2.34. The lowest BCUT2D eigenvalue weighted by atomic mass is 9.65. The zero-order valence-electron chi connectivity index (χ0n) is 14.2. The second-order valence-corrected chi connectivity index (χ2v) is 6.88. The van der Waals surface area contributed by atoms with Crippen LogP contribution in [0.5, 0.6) is 0 Å². The molecule has 1 aliphatic rings. The van der Waals surface area contributed by atoms with Crippen molar-refractivity contribution in [1.82, 2.24) is 4.98 Å². The van der Waals surface area contributed by atoms with Gasteiger partial charge in [-0.05, 0) is 49.7 Å². The first-order valence-corrected chi connectivity index (χ1v) is 8.51. The summed E-state index contributed by atoms with van der Waals surface area (Å²) in [4.78, 5) is 15.1. The van der Waals surface area contributed by atoms with Crippen LogP contribution < -0.4 is 0 Å². The van der Waals surface area contributed by atoms with Crippen LogP contribution in [0.2, 0.25) is 0 Å². The number of aromatic nitrogens is 1. The van der Waals surface area contributed by atoms with E-state index < -0.39 is 5.97 Å². The first-order chi connectivity index (χ1) is 11.5. The van der Waals surface area contributed by atoms with E-state index in [0.29, 0.717) is 6.42 Å². The highest BCUT2D eigenvalue weighted by atomic mass is 16.4. The highest BCUT2D eigenvalue weighted by Crippen LogP contribution is 2.50. The van der Waals surface area contributed by atoms with Crippen LogP contribution in [0, 0.1) is 6.92 Å². The number of rotatable bonds is 5. The molecule has 0 radical (unpaired) electrons. The minimum atomic E-state index is -0.756. The number of carboxylic acids is 1. The Morgan fingerprint density at radius 2 is 2.29 bits per heavy atom. The number of benzene rings is 1. The third kappa shape index (κ3) is 2.58. The summed E-state index contributed by atoms with van der Waals surface area (Å²) in [5, 5.41) is 22.6. The second-order valence-electron chi connectivity index (χ2n) is 6.88. The maximum absolute atomic E-state index is 11.5. The number of carbonyl (C=O) groups is 1. The minimum absolute atomic E-state index is 0.142. The molecule has 0 unspecified atom stereocenters. The number of aromatic amines is 1. The van der Waals surface area contributed by atoms with E-state index in [0.717, 1.165) is 36.0 Å². The van der Waals surface area contributed by atoms with E-state index in [9.17, 15) is 9.90 Å². The molecule has 3 N–H and O–H groups in total. The molecule has 0 saturated carbocycles. The minimum Gasteiger partial charge on any atom is -0.481 e. The number of hydrogen-bond acceptors (Lipinski definition) is 3. The van der Waals surface area contributed by atoms with Gasteiger partial charge >= 0.3 is 5.97 Å². The highest BCUT2D eigenvalue weighted by molar-refractivity contribution is 5.89. The van der Waals surface area contributed by atoms with Crippen molar-refractivity contribution in [2.45, 2.75) is 57.3 Å². The van der Waals surface area contributed by atoms with Crippen molar-refractivity contribution in [3.05, 3.63) is 35.0 Å². The second kappa shape index (κ2) is 6.30. The molecule has 0 spiro atoms. The van der Waals surface area contributed by atoms with Crippen molar-refractivity contribution < 1.29 is 15.1 Å². The largest absolute Gasteiger partial charge is 0.481 e. The van der Waals surface area contributed by atoms with Gasteiger partial charge in [0.2, 0.25) is 0 Å². The Labute approximate surface area is 141 Å². The van der Waals surface area contributed by atoms with Crippen molar-refractivity contribution in [1.29, 1.82) is 0 Å². The van der Waals surface area contributed by atoms with E-state index in [4.69, 9.17) is 5.21 Å². The van der Waals surface area contributed by atoms with Crippen molar-refractivity contribution >= 4 is 23.1 Å². The zero-order valence-corrected chi connectivity index (χ0v) is 14.2. The summed E-state index contributed by atoms with van der Waals surface area (Å²) in [6.07, 6.45) is 4.87. The van der Waals surface area contributed by atoms with E-state index >= 15 is 0 Å². The molecule has 1 aromatic heterocycles. The zero-order chi connectivity index (χ0) is 17.3. The molecule has 24 heavy (non-hydrogen) atoms. The number of oxime groups is 1. The molecule has 5 nitrogen and oxygen atoms in total. The normalized spacial score (nSPS) is 23.7. The summed E-state index contributed by atoms with van der Waals surface area (Å²) < 4.78 is 0. The predicted molar refractivity (Wildman–Crippen MR) is 94.1 cm³/mol. The molecule has 0 amide bonds. The number of carboxylic acid groups (broad SMARTS) is 1. The molecule has 0 saturated heterocycles. The lowest BCUT2D eigenvalue weighted by Gasteiger charge is -2.38. The van der Waals surface area contributed by atoms with Gasteiger partial charge in [0.15, 0.2) is 0 Å². The summed E-state index contributed by atoms with van der Waals surface area (Å²) in [6, 6.07) is 6.22. The van der Waals surface area contributed by atoms with Gasteiger partial charge in [-0.2, -0.15) is 0 Å². The molecule has 3 rings (SSSR count). The molecule has 5 heteroatoms. The Bertz CT molecular complexity index is 793. The first kappa shape index (κ1) is 16.6. The van der Waals surface area contributed by atoms with Crippen LogP contribution in [0.15, 0.2) is 23.4 Å². The Kier molecular flexibility index (Phi) is 4.35. The van der Waals surface area contributed by atoms with E-state index in [-0.39, 0.29) is 17.8 Å². The molecule has 0 aliphatic heterocycles. The van der Waals surface area contributed by atoms with Crippen molar-refractivity contribution in [2.24, 2.45) is 5.16 Å². The van der Waals surface area contributed by atoms with Crippen LogP contribution in [-0.4, -0.2) is 27.5 Å². The van der Waals surface area contributed by atoms with E-state index in [2.05, 4.69) is 36.1 Å². The number of H-pyrrole nitrogens is 1. The molecule has 1 heterocycles. The van der Waals surface area contributed by atoms with E-state index in [1.54, 1.807) is 6.21 Å². The maximum Gasteiger partial charge on any atom is 0.304 e.